The summed E-state index contributed by atoms with van der Waals surface area (Å²) in [6, 6.07) is 5.19. The number of hydrogen-bond acceptors (Lipinski definition) is 4. The third-order valence-corrected chi connectivity index (χ3v) is 5.96. The second-order valence-corrected chi connectivity index (χ2v) is 8.30. The van der Waals surface area contributed by atoms with Gasteiger partial charge in [0.15, 0.2) is 0 Å². The van der Waals surface area contributed by atoms with Gasteiger partial charge < -0.3 is 4.74 Å². The van der Waals surface area contributed by atoms with Crippen molar-refractivity contribution < 1.29 is 13.2 Å². The summed E-state index contributed by atoms with van der Waals surface area (Å²) in [5.74, 6) is 1.11. The molecule has 23 heavy (non-hydrogen) atoms. The number of rotatable bonds is 7. The predicted octanol–water partition coefficient (Wildman–Crippen LogP) is 2.40. The van der Waals surface area contributed by atoms with Gasteiger partial charge in [-0.05, 0) is 62.5 Å². The van der Waals surface area contributed by atoms with Crippen molar-refractivity contribution in [3.05, 3.63) is 23.8 Å². The second kappa shape index (κ2) is 7.64. The van der Waals surface area contributed by atoms with Crippen molar-refractivity contribution in [3.63, 3.8) is 0 Å². The maximum atomic E-state index is 12.6. The van der Waals surface area contributed by atoms with E-state index in [1.807, 2.05) is 6.92 Å². The van der Waals surface area contributed by atoms with Crippen LogP contribution in [0.1, 0.15) is 32.3 Å². The van der Waals surface area contributed by atoms with Crippen molar-refractivity contribution >= 4 is 10.0 Å². The van der Waals surface area contributed by atoms with E-state index in [0.29, 0.717) is 23.1 Å². The van der Waals surface area contributed by atoms with E-state index >= 15 is 0 Å². The van der Waals surface area contributed by atoms with E-state index in [2.05, 4.69) is 23.5 Å². The third-order valence-electron chi connectivity index (χ3n) is 4.54. The number of benzene rings is 1. The van der Waals surface area contributed by atoms with Gasteiger partial charge in [-0.15, -0.1) is 0 Å². The Balaban J connectivity index is 2.09. The molecule has 0 spiro atoms. The first kappa shape index (κ1) is 18.2. The third kappa shape index (κ3) is 4.46. The molecule has 1 saturated heterocycles. The topological polar surface area (TPSA) is 58.6 Å². The molecule has 6 heteroatoms. The number of likely N-dealkylation sites (tertiary alicyclic amines) is 1. The fraction of sp³-hybridized carbons (Fsp3) is 0.647. The predicted molar refractivity (Wildman–Crippen MR) is 92.4 cm³/mol. The number of ether oxygens (including phenoxy) is 1. The molecule has 1 aromatic carbocycles. The molecule has 0 aliphatic carbocycles. The van der Waals surface area contributed by atoms with E-state index in [4.69, 9.17) is 4.74 Å². The lowest BCUT2D eigenvalue weighted by molar-refractivity contribution is 0.193. The van der Waals surface area contributed by atoms with Crippen LogP contribution in [0, 0.1) is 12.8 Å². The van der Waals surface area contributed by atoms with Crippen LogP contribution < -0.4 is 9.46 Å². The SMILES string of the molecule is COc1ccc(S(=O)(=O)NCC(C(C)C)N2CCCC2)cc1C. The highest BCUT2D eigenvalue weighted by Crippen LogP contribution is 2.22. The molecule has 1 aliphatic heterocycles. The number of aryl methyl sites for hydroxylation is 1. The summed E-state index contributed by atoms with van der Waals surface area (Å²) in [5.41, 5.74) is 0.815. The molecule has 0 bridgehead atoms. The fourth-order valence-electron chi connectivity index (χ4n) is 3.16. The van der Waals surface area contributed by atoms with Crippen molar-refractivity contribution in [2.75, 3.05) is 26.7 Å². The van der Waals surface area contributed by atoms with Gasteiger partial charge in [-0.2, -0.15) is 0 Å². The minimum atomic E-state index is -3.50. The number of nitrogens with one attached hydrogen (secondary N) is 1. The maximum absolute atomic E-state index is 12.6. The second-order valence-electron chi connectivity index (χ2n) is 6.54. The van der Waals surface area contributed by atoms with Crippen LogP contribution in [-0.2, 0) is 10.0 Å². The van der Waals surface area contributed by atoms with Crippen molar-refractivity contribution in [1.29, 1.82) is 0 Å². The summed E-state index contributed by atoms with van der Waals surface area (Å²) >= 11 is 0. The molecule has 1 aliphatic rings. The van der Waals surface area contributed by atoms with E-state index < -0.39 is 10.0 Å². The summed E-state index contributed by atoms with van der Waals surface area (Å²) in [7, 11) is -1.92. The zero-order valence-electron chi connectivity index (χ0n) is 14.5. The molecule has 1 unspecified atom stereocenters. The molecule has 0 amide bonds. The average Bonchev–Trinajstić information content (AvgIpc) is 3.01. The largest absolute Gasteiger partial charge is 0.496 e. The van der Waals surface area contributed by atoms with Crippen LogP contribution in [-0.4, -0.2) is 46.1 Å². The number of methoxy groups -OCH3 is 1. The van der Waals surface area contributed by atoms with Crippen LogP contribution in [0.5, 0.6) is 5.75 Å². The molecular formula is C17H28N2O3S. The summed E-state index contributed by atoms with van der Waals surface area (Å²) < 4.78 is 33.1. The quantitative estimate of drug-likeness (QED) is 0.828. The van der Waals surface area contributed by atoms with Gasteiger partial charge in [0.05, 0.1) is 12.0 Å². The van der Waals surface area contributed by atoms with Crippen molar-refractivity contribution in [2.24, 2.45) is 5.92 Å². The van der Waals surface area contributed by atoms with Crippen LogP contribution >= 0.6 is 0 Å². The average molecular weight is 340 g/mol. The van der Waals surface area contributed by atoms with E-state index in [0.717, 1.165) is 18.7 Å². The van der Waals surface area contributed by atoms with E-state index in [9.17, 15) is 8.42 Å². The van der Waals surface area contributed by atoms with Gasteiger partial charge in [0.2, 0.25) is 10.0 Å². The molecular weight excluding hydrogens is 312 g/mol. The van der Waals surface area contributed by atoms with Crippen LogP contribution in [0.15, 0.2) is 23.1 Å². The molecule has 2 rings (SSSR count). The van der Waals surface area contributed by atoms with E-state index in [-0.39, 0.29) is 6.04 Å². The van der Waals surface area contributed by atoms with Gasteiger partial charge >= 0.3 is 0 Å². The lowest BCUT2D eigenvalue weighted by Gasteiger charge is -2.30. The Labute approximate surface area is 140 Å². The Hall–Kier alpha value is -1.11. The zero-order chi connectivity index (χ0) is 17.0. The smallest absolute Gasteiger partial charge is 0.240 e. The van der Waals surface area contributed by atoms with Crippen LogP contribution in [0.4, 0.5) is 0 Å². The van der Waals surface area contributed by atoms with Gasteiger partial charge in [-0.3, -0.25) is 4.90 Å². The van der Waals surface area contributed by atoms with Crippen molar-refractivity contribution in [3.8, 4) is 5.75 Å². The van der Waals surface area contributed by atoms with Gasteiger partial charge in [0.1, 0.15) is 5.75 Å². The van der Waals surface area contributed by atoms with E-state index in [1.165, 1.54) is 12.8 Å². The highest BCUT2D eigenvalue weighted by atomic mass is 32.2. The Bertz CT molecular complexity index is 623. The van der Waals surface area contributed by atoms with Gasteiger partial charge in [0.25, 0.3) is 0 Å². The summed E-state index contributed by atoms with van der Waals surface area (Å²) in [4.78, 5) is 2.69. The Morgan fingerprint density at radius 2 is 1.91 bits per heavy atom. The van der Waals surface area contributed by atoms with Crippen LogP contribution in [0.2, 0.25) is 0 Å². The molecule has 0 radical (unpaired) electrons. The van der Waals surface area contributed by atoms with E-state index in [1.54, 1.807) is 25.3 Å². The fourth-order valence-corrected chi connectivity index (χ4v) is 4.29. The Kier molecular flexibility index (Phi) is 6.06. The van der Waals surface area contributed by atoms with Crippen molar-refractivity contribution in [2.45, 2.75) is 44.6 Å². The molecule has 1 aromatic rings. The van der Waals surface area contributed by atoms with Crippen molar-refractivity contribution in [1.82, 2.24) is 9.62 Å². The lowest BCUT2D eigenvalue weighted by Crippen LogP contribution is -2.45. The number of hydrogen-bond donors (Lipinski definition) is 1. The molecule has 0 saturated carbocycles. The number of sulfonamides is 1. The molecule has 1 atom stereocenters. The first-order valence-electron chi connectivity index (χ1n) is 8.23. The van der Waals surface area contributed by atoms with Crippen LogP contribution in [0.25, 0.3) is 0 Å². The molecule has 130 valence electrons. The molecule has 1 fully saturated rings. The molecule has 5 nitrogen and oxygen atoms in total. The summed E-state index contributed by atoms with van der Waals surface area (Å²) in [6.45, 7) is 8.71. The van der Waals surface area contributed by atoms with Gasteiger partial charge in [0, 0.05) is 12.6 Å². The van der Waals surface area contributed by atoms with Gasteiger partial charge in [-0.25, -0.2) is 13.1 Å². The van der Waals surface area contributed by atoms with Gasteiger partial charge in [-0.1, -0.05) is 13.8 Å². The molecule has 1 heterocycles. The monoisotopic (exact) mass is 340 g/mol. The maximum Gasteiger partial charge on any atom is 0.240 e. The Morgan fingerprint density at radius 3 is 2.43 bits per heavy atom. The standard InChI is InChI=1S/C17H28N2O3S/c1-13(2)16(19-9-5-6-10-19)12-18-23(20,21)15-7-8-17(22-4)14(3)11-15/h7-8,11,13,16,18H,5-6,9-10,12H2,1-4H3. The highest BCUT2D eigenvalue weighted by molar-refractivity contribution is 7.89. The van der Waals surface area contributed by atoms with Crippen LogP contribution in [0.3, 0.4) is 0 Å². The highest BCUT2D eigenvalue weighted by Gasteiger charge is 2.26. The lowest BCUT2D eigenvalue weighted by atomic mass is 10.0. The molecule has 0 aromatic heterocycles. The minimum absolute atomic E-state index is 0.242. The zero-order valence-corrected chi connectivity index (χ0v) is 15.3. The summed E-state index contributed by atoms with van der Waals surface area (Å²) in [6.07, 6.45) is 2.40. The first-order chi connectivity index (χ1) is 10.8. The minimum Gasteiger partial charge on any atom is -0.496 e. The normalized spacial score (nSPS) is 17.6. The number of nitrogens with zero attached hydrogens (tertiary/aromatic N) is 1. The summed E-state index contributed by atoms with van der Waals surface area (Å²) in [5, 5.41) is 0. The Morgan fingerprint density at radius 1 is 1.26 bits per heavy atom. The first-order valence-corrected chi connectivity index (χ1v) is 9.72. The molecule has 1 N–H and O–H groups in total.